The van der Waals surface area contributed by atoms with E-state index in [4.69, 9.17) is 0 Å². The fraction of sp³-hybridized carbons (Fsp3) is 0.250. The summed E-state index contributed by atoms with van der Waals surface area (Å²) in [7, 11) is 0. The molecule has 1 fully saturated rings. The van der Waals surface area contributed by atoms with Crippen LogP contribution in [-0.4, -0.2) is 39.6 Å². The van der Waals surface area contributed by atoms with E-state index in [9.17, 15) is 19.2 Å². The SMILES string of the molecule is O=C1CCC(N2Cc3c(CNC(=O)c4cccnc4)cccc3C2=O)C(=O)N1. The summed E-state index contributed by atoms with van der Waals surface area (Å²) in [6, 6.07) is 8.03. The molecule has 0 aliphatic carbocycles. The molecule has 2 aromatic rings. The number of fused-ring (bicyclic) bond motifs is 1. The topological polar surface area (TPSA) is 108 Å². The molecule has 0 radical (unpaired) electrons. The Balaban J connectivity index is 1.51. The second kappa shape index (κ2) is 7.22. The third-order valence-electron chi connectivity index (χ3n) is 5.04. The molecular formula is C20H18N4O4. The van der Waals surface area contributed by atoms with Crippen molar-refractivity contribution in [1.29, 1.82) is 0 Å². The van der Waals surface area contributed by atoms with Gasteiger partial charge in [0.1, 0.15) is 6.04 Å². The molecule has 1 aromatic heterocycles. The Morgan fingerprint density at radius 2 is 2.07 bits per heavy atom. The highest BCUT2D eigenvalue weighted by molar-refractivity contribution is 6.05. The zero-order valence-corrected chi connectivity index (χ0v) is 15.0. The van der Waals surface area contributed by atoms with Crippen LogP contribution in [0.1, 0.15) is 44.7 Å². The van der Waals surface area contributed by atoms with E-state index < -0.39 is 11.9 Å². The third kappa shape index (κ3) is 3.24. The Hall–Kier alpha value is -3.55. The first-order valence-corrected chi connectivity index (χ1v) is 8.98. The van der Waals surface area contributed by atoms with Crippen molar-refractivity contribution in [3.63, 3.8) is 0 Å². The van der Waals surface area contributed by atoms with Gasteiger partial charge >= 0.3 is 0 Å². The van der Waals surface area contributed by atoms with Gasteiger partial charge in [0.2, 0.25) is 11.8 Å². The molecule has 8 heteroatoms. The van der Waals surface area contributed by atoms with Crippen LogP contribution >= 0.6 is 0 Å². The van der Waals surface area contributed by atoms with Crippen LogP contribution in [0.4, 0.5) is 0 Å². The van der Waals surface area contributed by atoms with Crippen molar-refractivity contribution in [2.24, 2.45) is 0 Å². The number of benzene rings is 1. The summed E-state index contributed by atoms with van der Waals surface area (Å²) in [5, 5.41) is 5.13. The second-order valence-corrected chi connectivity index (χ2v) is 6.77. The standard InChI is InChI=1S/C20H18N4O4/c25-17-7-6-16(19(27)23-17)24-11-15-12(3-1-5-14(15)20(24)28)10-22-18(26)13-4-2-8-21-9-13/h1-5,8-9,16H,6-7,10-11H2,(H,22,26)(H,23,25,27). The quantitative estimate of drug-likeness (QED) is 0.764. The van der Waals surface area contributed by atoms with Crippen LogP contribution in [0, 0.1) is 0 Å². The van der Waals surface area contributed by atoms with Crippen molar-refractivity contribution in [3.05, 3.63) is 65.0 Å². The van der Waals surface area contributed by atoms with E-state index >= 15 is 0 Å². The van der Waals surface area contributed by atoms with Crippen LogP contribution in [0.5, 0.6) is 0 Å². The van der Waals surface area contributed by atoms with Crippen LogP contribution in [0.3, 0.4) is 0 Å². The molecule has 2 aliphatic heterocycles. The number of hydrogen-bond acceptors (Lipinski definition) is 5. The minimum atomic E-state index is -0.657. The van der Waals surface area contributed by atoms with E-state index in [1.54, 1.807) is 30.5 Å². The molecule has 142 valence electrons. The monoisotopic (exact) mass is 378 g/mol. The summed E-state index contributed by atoms with van der Waals surface area (Å²) in [5.74, 6) is -1.24. The van der Waals surface area contributed by atoms with Crippen molar-refractivity contribution in [2.75, 3.05) is 0 Å². The van der Waals surface area contributed by atoms with Crippen LogP contribution < -0.4 is 10.6 Å². The second-order valence-electron chi connectivity index (χ2n) is 6.77. The first-order chi connectivity index (χ1) is 13.5. The molecular weight excluding hydrogens is 360 g/mol. The number of imide groups is 1. The maximum atomic E-state index is 12.8. The van der Waals surface area contributed by atoms with E-state index in [0.29, 0.717) is 17.5 Å². The molecule has 2 aliphatic rings. The average molecular weight is 378 g/mol. The molecule has 0 spiro atoms. The summed E-state index contributed by atoms with van der Waals surface area (Å²) >= 11 is 0. The predicted octanol–water partition coefficient (Wildman–Crippen LogP) is 0.773. The third-order valence-corrected chi connectivity index (χ3v) is 5.04. The first-order valence-electron chi connectivity index (χ1n) is 8.98. The lowest BCUT2D eigenvalue weighted by Crippen LogP contribution is -2.52. The highest BCUT2D eigenvalue weighted by Crippen LogP contribution is 2.29. The van der Waals surface area contributed by atoms with E-state index in [1.165, 1.54) is 11.1 Å². The van der Waals surface area contributed by atoms with Crippen molar-refractivity contribution < 1.29 is 19.2 Å². The van der Waals surface area contributed by atoms with Gasteiger partial charge in [0.05, 0.1) is 5.56 Å². The summed E-state index contributed by atoms with van der Waals surface area (Å²) in [6.45, 7) is 0.534. The average Bonchev–Trinajstić information content (AvgIpc) is 3.04. The number of amides is 4. The normalized spacial score (nSPS) is 18.6. The fourth-order valence-corrected chi connectivity index (χ4v) is 3.59. The molecule has 28 heavy (non-hydrogen) atoms. The molecule has 1 unspecified atom stereocenters. The first kappa shape index (κ1) is 17.8. The van der Waals surface area contributed by atoms with Crippen molar-refractivity contribution in [1.82, 2.24) is 20.5 Å². The number of piperidine rings is 1. The molecule has 4 amide bonds. The van der Waals surface area contributed by atoms with Gasteiger partial charge in [-0.25, -0.2) is 0 Å². The smallest absolute Gasteiger partial charge is 0.255 e. The molecule has 1 aromatic carbocycles. The number of aromatic nitrogens is 1. The van der Waals surface area contributed by atoms with Crippen LogP contribution in [-0.2, 0) is 22.7 Å². The molecule has 4 rings (SSSR count). The van der Waals surface area contributed by atoms with Crippen molar-refractivity contribution in [2.45, 2.75) is 32.0 Å². The Kier molecular flexibility index (Phi) is 4.60. The van der Waals surface area contributed by atoms with E-state index in [2.05, 4.69) is 15.6 Å². The number of nitrogens with zero attached hydrogens (tertiary/aromatic N) is 2. The Labute approximate surface area is 160 Å². The van der Waals surface area contributed by atoms with Crippen molar-refractivity contribution >= 4 is 23.6 Å². The lowest BCUT2D eigenvalue weighted by Gasteiger charge is -2.29. The molecule has 0 saturated carbocycles. The van der Waals surface area contributed by atoms with E-state index in [1.807, 2.05) is 6.07 Å². The van der Waals surface area contributed by atoms with Gasteiger partial charge in [0, 0.05) is 37.5 Å². The number of hydrogen-bond donors (Lipinski definition) is 2. The summed E-state index contributed by atoms with van der Waals surface area (Å²) in [5.41, 5.74) is 2.59. The lowest BCUT2D eigenvalue weighted by atomic mass is 10.0. The van der Waals surface area contributed by atoms with Gasteiger partial charge in [0.15, 0.2) is 0 Å². The number of nitrogens with one attached hydrogen (secondary N) is 2. The molecule has 3 heterocycles. The molecule has 1 saturated heterocycles. The minimum Gasteiger partial charge on any atom is -0.348 e. The van der Waals surface area contributed by atoms with Gasteiger partial charge in [-0.1, -0.05) is 12.1 Å². The van der Waals surface area contributed by atoms with Gasteiger partial charge in [-0.2, -0.15) is 0 Å². The molecule has 8 nitrogen and oxygen atoms in total. The zero-order valence-electron chi connectivity index (χ0n) is 15.0. The van der Waals surface area contributed by atoms with Crippen LogP contribution in [0.25, 0.3) is 0 Å². The zero-order chi connectivity index (χ0) is 19.7. The van der Waals surface area contributed by atoms with Gasteiger partial charge in [-0.05, 0) is 35.7 Å². The van der Waals surface area contributed by atoms with Crippen LogP contribution in [0.15, 0.2) is 42.7 Å². The minimum absolute atomic E-state index is 0.213. The van der Waals surface area contributed by atoms with Crippen molar-refractivity contribution in [3.8, 4) is 0 Å². The van der Waals surface area contributed by atoms with Gasteiger partial charge < -0.3 is 10.2 Å². The summed E-state index contributed by atoms with van der Waals surface area (Å²) in [6.07, 6.45) is 3.61. The number of carbonyl (C=O) groups is 4. The van der Waals surface area contributed by atoms with Crippen LogP contribution in [0.2, 0.25) is 0 Å². The maximum Gasteiger partial charge on any atom is 0.255 e. The maximum absolute atomic E-state index is 12.8. The highest BCUT2D eigenvalue weighted by atomic mass is 16.2. The van der Waals surface area contributed by atoms with E-state index in [-0.39, 0.29) is 37.2 Å². The largest absolute Gasteiger partial charge is 0.348 e. The molecule has 2 N–H and O–H groups in total. The number of rotatable bonds is 4. The molecule has 0 bridgehead atoms. The van der Waals surface area contributed by atoms with E-state index in [0.717, 1.165) is 11.1 Å². The molecule has 1 atom stereocenters. The summed E-state index contributed by atoms with van der Waals surface area (Å²) < 4.78 is 0. The number of pyridine rings is 1. The Morgan fingerprint density at radius 3 is 2.82 bits per heavy atom. The van der Waals surface area contributed by atoms with Gasteiger partial charge in [-0.15, -0.1) is 0 Å². The number of carbonyl (C=O) groups excluding carboxylic acids is 4. The van der Waals surface area contributed by atoms with Gasteiger partial charge in [-0.3, -0.25) is 29.5 Å². The lowest BCUT2D eigenvalue weighted by molar-refractivity contribution is -0.136. The van der Waals surface area contributed by atoms with Gasteiger partial charge in [0.25, 0.3) is 11.8 Å². The summed E-state index contributed by atoms with van der Waals surface area (Å²) in [4.78, 5) is 54.0. The fourth-order valence-electron chi connectivity index (χ4n) is 3.59. The Bertz CT molecular complexity index is 973. The Morgan fingerprint density at radius 1 is 1.21 bits per heavy atom. The highest BCUT2D eigenvalue weighted by Gasteiger charge is 2.39. The predicted molar refractivity (Wildman–Crippen MR) is 97.9 cm³/mol.